The smallest absolute Gasteiger partial charge is 0.0346 e. The molecule has 0 bridgehead atoms. The van der Waals surface area contributed by atoms with E-state index in [9.17, 15) is 0 Å². The van der Waals surface area contributed by atoms with E-state index < -0.39 is 0 Å². The van der Waals surface area contributed by atoms with Gasteiger partial charge in [-0.2, -0.15) is 0 Å². The van der Waals surface area contributed by atoms with Crippen LogP contribution in [0.3, 0.4) is 0 Å². The Morgan fingerprint density at radius 3 is 2.80 bits per heavy atom. The largest absolute Gasteiger partial charge is 0.399 e. The average molecular weight is 227 g/mol. The van der Waals surface area contributed by atoms with E-state index in [1.165, 1.54) is 24.9 Å². The lowest BCUT2D eigenvalue weighted by molar-refractivity contribution is 0.376. The number of halogens is 1. The van der Waals surface area contributed by atoms with Crippen molar-refractivity contribution in [2.45, 2.75) is 19.3 Å². The normalized spacial score (nSPS) is 20.7. The molecule has 15 heavy (non-hydrogen) atoms. The number of nitrogen functional groups attached to an aromatic ring is 1. The molecule has 1 fully saturated rings. The van der Waals surface area contributed by atoms with Crippen LogP contribution in [0.2, 0.25) is 0 Å². The Morgan fingerprint density at radius 1 is 1.33 bits per heavy atom. The van der Waals surface area contributed by atoms with Gasteiger partial charge in [-0.15, -0.1) is 12.4 Å². The number of para-hydroxylation sites is 1. The summed E-state index contributed by atoms with van der Waals surface area (Å²) >= 11 is 0. The van der Waals surface area contributed by atoms with Gasteiger partial charge in [-0.05, 0) is 49.9 Å². The van der Waals surface area contributed by atoms with Crippen LogP contribution in [0, 0.1) is 5.92 Å². The van der Waals surface area contributed by atoms with E-state index in [1.54, 1.807) is 0 Å². The molecule has 0 saturated carbocycles. The second kappa shape index (κ2) is 5.99. The lowest BCUT2D eigenvalue weighted by atomic mass is 9.92. The van der Waals surface area contributed by atoms with Gasteiger partial charge in [0.1, 0.15) is 0 Å². The molecule has 0 spiro atoms. The quantitative estimate of drug-likeness (QED) is 0.760. The molecule has 2 nitrogen and oxygen atoms in total. The molecule has 1 saturated heterocycles. The van der Waals surface area contributed by atoms with Gasteiger partial charge >= 0.3 is 0 Å². The Kier molecular flexibility index (Phi) is 4.92. The van der Waals surface area contributed by atoms with Crippen molar-refractivity contribution in [1.82, 2.24) is 5.32 Å². The molecule has 1 aromatic rings. The van der Waals surface area contributed by atoms with Crippen molar-refractivity contribution in [3.05, 3.63) is 29.8 Å². The summed E-state index contributed by atoms with van der Waals surface area (Å²) in [5, 5.41) is 3.43. The van der Waals surface area contributed by atoms with Crippen LogP contribution in [0.1, 0.15) is 18.4 Å². The molecule has 3 heteroatoms. The summed E-state index contributed by atoms with van der Waals surface area (Å²) in [5.41, 5.74) is 8.17. The highest BCUT2D eigenvalue weighted by Crippen LogP contribution is 2.20. The highest BCUT2D eigenvalue weighted by Gasteiger charge is 2.14. The molecule has 84 valence electrons. The molecule has 3 N–H and O–H groups in total. The van der Waals surface area contributed by atoms with E-state index in [0.29, 0.717) is 0 Å². The van der Waals surface area contributed by atoms with Crippen LogP contribution < -0.4 is 11.1 Å². The lowest BCUT2D eigenvalue weighted by Gasteiger charge is -2.23. The van der Waals surface area contributed by atoms with Crippen molar-refractivity contribution in [2.75, 3.05) is 18.8 Å². The minimum Gasteiger partial charge on any atom is -0.399 e. The van der Waals surface area contributed by atoms with E-state index in [1.807, 2.05) is 12.1 Å². The summed E-state index contributed by atoms with van der Waals surface area (Å²) in [5.74, 6) is 0.772. The van der Waals surface area contributed by atoms with Crippen LogP contribution in [-0.2, 0) is 6.42 Å². The minimum atomic E-state index is 0. The zero-order chi connectivity index (χ0) is 9.80. The van der Waals surface area contributed by atoms with Gasteiger partial charge in [0.25, 0.3) is 0 Å². The second-order valence-corrected chi connectivity index (χ2v) is 4.12. The number of piperidine rings is 1. The van der Waals surface area contributed by atoms with Crippen LogP contribution in [-0.4, -0.2) is 13.1 Å². The summed E-state index contributed by atoms with van der Waals surface area (Å²) in [6.45, 7) is 2.33. The third kappa shape index (κ3) is 3.40. The van der Waals surface area contributed by atoms with E-state index in [4.69, 9.17) is 5.73 Å². The predicted octanol–water partition coefficient (Wildman–Crippen LogP) is 2.23. The van der Waals surface area contributed by atoms with E-state index in [0.717, 1.165) is 24.6 Å². The molecular weight excluding hydrogens is 208 g/mol. The SMILES string of the molecule is Cl.Nc1ccccc1CC1CCCNC1. The standard InChI is InChI=1S/C12H18N2.ClH/c13-12-6-2-1-5-11(12)8-10-4-3-7-14-9-10;/h1-2,5-6,10,14H,3-4,7-9,13H2;1H. The molecule has 2 rings (SSSR count). The molecule has 0 aliphatic carbocycles. The predicted molar refractivity (Wildman–Crippen MR) is 67.4 cm³/mol. The van der Waals surface area contributed by atoms with Crippen molar-refractivity contribution >= 4 is 18.1 Å². The second-order valence-electron chi connectivity index (χ2n) is 4.12. The molecule has 1 atom stereocenters. The molecule has 1 aromatic carbocycles. The number of hydrogen-bond donors (Lipinski definition) is 2. The third-order valence-corrected chi connectivity index (χ3v) is 2.96. The number of rotatable bonds is 2. The first-order valence-electron chi connectivity index (χ1n) is 5.40. The fourth-order valence-electron chi connectivity index (χ4n) is 2.13. The Morgan fingerprint density at radius 2 is 2.13 bits per heavy atom. The number of anilines is 1. The van der Waals surface area contributed by atoms with Gasteiger partial charge in [0.05, 0.1) is 0 Å². The highest BCUT2D eigenvalue weighted by atomic mass is 35.5. The number of nitrogens with one attached hydrogen (secondary N) is 1. The first kappa shape index (κ1) is 12.3. The van der Waals surface area contributed by atoms with Gasteiger partial charge in [0.2, 0.25) is 0 Å². The Hall–Kier alpha value is -0.730. The maximum Gasteiger partial charge on any atom is 0.0346 e. The topological polar surface area (TPSA) is 38.0 Å². The monoisotopic (exact) mass is 226 g/mol. The van der Waals surface area contributed by atoms with Crippen LogP contribution in [0.5, 0.6) is 0 Å². The fraction of sp³-hybridized carbons (Fsp3) is 0.500. The van der Waals surface area contributed by atoms with E-state index in [-0.39, 0.29) is 12.4 Å². The van der Waals surface area contributed by atoms with Crippen molar-refractivity contribution in [1.29, 1.82) is 0 Å². The van der Waals surface area contributed by atoms with Crippen molar-refractivity contribution in [2.24, 2.45) is 5.92 Å². The minimum absolute atomic E-state index is 0. The molecule has 1 unspecified atom stereocenters. The molecule has 0 radical (unpaired) electrons. The Balaban J connectivity index is 0.00000112. The third-order valence-electron chi connectivity index (χ3n) is 2.96. The van der Waals surface area contributed by atoms with Crippen molar-refractivity contribution < 1.29 is 0 Å². The number of nitrogens with two attached hydrogens (primary N) is 1. The zero-order valence-electron chi connectivity index (χ0n) is 8.91. The maximum absolute atomic E-state index is 5.92. The Labute approximate surface area is 97.7 Å². The number of benzene rings is 1. The number of hydrogen-bond acceptors (Lipinski definition) is 2. The molecule has 1 heterocycles. The Bertz CT molecular complexity index is 295. The van der Waals surface area contributed by atoms with Crippen molar-refractivity contribution in [3.8, 4) is 0 Å². The van der Waals surface area contributed by atoms with Gasteiger partial charge in [0, 0.05) is 5.69 Å². The van der Waals surface area contributed by atoms with Gasteiger partial charge < -0.3 is 11.1 Å². The zero-order valence-corrected chi connectivity index (χ0v) is 9.72. The van der Waals surface area contributed by atoms with Gasteiger partial charge in [-0.3, -0.25) is 0 Å². The van der Waals surface area contributed by atoms with E-state index >= 15 is 0 Å². The summed E-state index contributed by atoms with van der Waals surface area (Å²) in [4.78, 5) is 0. The molecule has 1 aliphatic heterocycles. The molecule has 1 aliphatic rings. The first-order valence-corrected chi connectivity index (χ1v) is 5.40. The van der Waals surface area contributed by atoms with Gasteiger partial charge in [-0.25, -0.2) is 0 Å². The van der Waals surface area contributed by atoms with Gasteiger partial charge in [-0.1, -0.05) is 18.2 Å². The fourth-order valence-corrected chi connectivity index (χ4v) is 2.13. The van der Waals surface area contributed by atoms with Crippen LogP contribution in [0.15, 0.2) is 24.3 Å². The maximum atomic E-state index is 5.92. The van der Waals surface area contributed by atoms with Crippen molar-refractivity contribution in [3.63, 3.8) is 0 Å². The molecule has 0 amide bonds. The molecule has 0 aromatic heterocycles. The average Bonchev–Trinajstić information content (AvgIpc) is 2.23. The highest BCUT2D eigenvalue weighted by molar-refractivity contribution is 5.85. The van der Waals surface area contributed by atoms with E-state index in [2.05, 4.69) is 17.4 Å². The lowest BCUT2D eigenvalue weighted by Crippen LogP contribution is -2.30. The summed E-state index contributed by atoms with van der Waals surface area (Å²) in [7, 11) is 0. The first-order chi connectivity index (χ1) is 6.86. The molecular formula is C12H19ClN2. The van der Waals surface area contributed by atoms with Crippen LogP contribution >= 0.6 is 12.4 Å². The van der Waals surface area contributed by atoms with Gasteiger partial charge in [0.15, 0.2) is 0 Å². The summed E-state index contributed by atoms with van der Waals surface area (Å²) in [6, 6.07) is 8.20. The summed E-state index contributed by atoms with van der Waals surface area (Å²) < 4.78 is 0. The van der Waals surface area contributed by atoms with Crippen LogP contribution in [0.4, 0.5) is 5.69 Å². The summed E-state index contributed by atoms with van der Waals surface area (Å²) in [6.07, 6.45) is 3.76. The van der Waals surface area contributed by atoms with Crippen LogP contribution in [0.25, 0.3) is 0 Å².